The Hall–Kier alpha value is -1.15. The third-order valence-corrected chi connectivity index (χ3v) is 1.70. The van der Waals surface area contributed by atoms with Gasteiger partial charge in [0, 0.05) is 6.42 Å². The predicted molar refractivity (Wildman–Crippen MR) is 47.0 cm³/mol. The summed E-state index contributed by atoms with van der Waals surface area (Å²) in [6.45, 7) is 1.63. The minimum Gasteiger partial charge on any atom is -0.389 e. The lowest BCUT2D eigenvalue weighted by atomic mass is 10.1. The highest BCUT2D eigenvalue weighted by Crippen LogP contribution is 2.03. The maximum absolute atomic E-state index is 10.8. The van der Waals surface area contributed by atoms with Gasteiger partial charge in [0.05, 0.1) is 0 Å². The summed E-state index contributed by atoms with van der Waals surface area (Å²) in [5.41, 5.74) is 2.13. The molecule has 0 heterocycles. The van der Waals surface area contributed by atoms with E-state index in [1.807, 2.05) is 31.2 Å². The Morgan fingerprint density at radius 2 is 1.92 bits per heavy atom. The van der Waals surface area contributed by atoms with E-state index in [1.165, 1.54) is 5.56 Å². The number of carbonyl (C=O) groups is 1. The number of rotatable bonds is 3. The van der Waals surface area contributed by atoms with Crippen LogP contribution in [0.25, 0.3) is 0 Å². The van der Waals surface area contributed by atoms with Gasteiger partial charge in [-0.2, -0.15) is 0 Å². The average molecular weight is 164 g/mol. The molecule has 0 amide bonds. The van der Waals surface area contributed by atoms with Gasteiger partial charge in [0.25, 0.3) is 0 Å². The molecule has 0 radical (unpaired) electrons. The summed E-state index contributed by atoms with van der Waals surface area (Å²) < 4.78 is 0. The van der Waals surface area contributed by atoms with E-state index in [9.17, 15) is 4.79 Å². The highest BCUT2D eigenvalue weighted by atomic mass is 16.3. The minimum absolute atomic E-state index is 0.140. The third-order valence-electron chi connectivity index (χ3n) is 1.70. The van der Waals surface area contributed by atoms with Crippen molar-refractivity contribution in [1.82, 2.24) is 0 Å². The van der Waals surface area contributed by atoms with Crippen molar-refractivity contribution in [1.29, 1.82) is 0 Å². The summed E-state index contributed by atoms with van der Waals surface area (Å²) in [6, 6.07) is 7.73. The summed E-state index contributed by atoms with van der Waals surface area (Å²) in [5, 5.41) is 8.50. The first-order valence-corrected chi connectivity index (χ1v) is 3.90. The Morgan fingerprint density at radius 1 is 1.33 bits per heavy atom. The summed E-state index contributed by atoms with van der Waals surface area (Å²) in [6.07, 6.45) is 0.330. The van der Waals surface area contributed by atoms with Crippen LogP contribution >= 0.6 is 0 Å². The molecule has 0 spiro atoms. The minimum atomic E-state index is -0.367. The summed E-state index contributed by atoms with van der Waals surface area (Å²) in [7, 11) is 0. The Bertz CT molecular complexity index is 262. The summed E-state index contributed by atoms with van der Waals surface area (Å²) in [5.74, 6) is -0.140. The molecule has 2 heteroatoms. The fourth-order valence-corrected chi connectivity index (χ4v) is 0.990. The highest BCUT2D eigenvalue weighted by Gasteiger charge is 2.00. The highest BCUT2D eigenvalue weighted by molar-refractivity contribution is 5.81. The first kappa shape index (κ1) is 8.94. The molecule has 0 saturated heterocycles. The van der Waals surface area contributed by atoms with Gasteiger partial charge < -0.3 is 5.11 Å². The van der Waals surface area contributed by atoms with Crippen LogP contribution in [0.5, 0.6) is 0 Å². The van der Waals surface area contributed by atoms with E-state index in [0.717, 1.165) is 5.56 Å². The number of aliphatic hydroxyl groups is 1. The zero-order valence-electron chi connectivity index (χ0n) is 7.08. The maximum Gasteiger partial charge on any atom is 0.162 e. The van der Waals surface area contributed by atoms with Crippen molar-refractivity contribution >= 4 is 5.78 Å². The number of hydrogen-bond donors (Lipinski definition) is 1. The third kappa shape index (κ3) is 2.47. The van der Waals surface area contributed by atoms with E-state index in [-0.39, 0.29) is 12.4 Å². The van der Waals surface area contributed by atoms with Crippen molar-refractivity contribution in [2.75, 3.05) is 6.61 Å². The van der Waals surface area contributed by atoms with Crippen LogP contribution in [0, 0.1) is 6.92 Å². The summed E-state index contributed by atoms with van der Waals surface area (Å²) >= 11 is 0. The van der Waals surface area contributed by atoms with Gasteiger partial charge in [0.2, 0.25) is 0 Å². The first-order chi connectivity index (χ1) is 5.72. The van der Waals surface area contributed by atoms with Crippen molar-refractivity contribution < 1.29 is 9.90 Å². The van der Waals surface area contributed by atoms with Crippen molar-refractivity contribution in [3.05, 3.63) is 35.4 Å². The first-order valence-electron chi connectivity index (χ1n) is 3.90. The number of hydrogen-bond acceptors (Lipinski definition) is 2. The molecule has 0 unspecified atom stereocenters. The second-order valence-electron chi connectivity index (χ2n) is 2.86. The molecule has 0 aliphatic carbocycles. The van der Waals surface area contributed by atoms with Gasteiger partial charge in [0.1, 0.15) is 6.61 Å². The van der Waals surface area contributed by atoms with Crippen molar-refractivity contribution in [2.24, 2.45) is 0 Å². The zero-order chi connectivity index (χ0) is 8.97. The standard InChI is InChI=1S/C10H12O2/c1-8-2-4-9(5-3-8)6-10(12)7-11/h2-5,11H,6-7H2,1H3. The molecule has 2 nitrogen and oxygen atoms in total. The number of Topliss-reactive ketones (excluding diaryl/α,β-unsaturated/α-hetero) is 1. The Labute approximate surface area is 71.8 Å². The SMILES string of the molecule is Cc1ccc(CC(=O)CO)cc1. The molecule has 0 atom stereocenters. The molecule has 0 aromatic heterocycles. The zero-order valence-corrected chi connectivity index (χ0v) is 7.08. The second kappa shape index (κ2) is 4.02. The number of benzene rings is 1. The van der Waals surface area contributed by atoms with Gasteiger partial charge in [-0.3, -0.25) is 4.79 Å². The van der Waals surface area contributed by atoms with Crippen LogP contribution in [0.1, 0.15) is 11.1 Å². The van der Waals surface area contributed by atoms with E-state index in [0.29, 0.717) is 6.42 Å². The molecular weight excluding hydrogens is 152 g/mol. The number of ketones is 1. The molecule has 12 heavy (non-hydrogen) atoms. The van der Waals surface area contributed by atoms with E-state index < -0.39 is 0 Å². The normalized spacial score (nSPS) is 9.83. The molecule has 0 aliphatic rings. The molecule has 0 saturated carbocycles. The summed E-state index contributed by atoms with van der Waals surface area (Å²) in [4.78, 5) is 10.8. The topological polar surface area (TPSA) is 37.3 Å². The molecule has 1 N–H and O–H groups in total. The smallest absolute Gasteiger partial charge is 0.162 e. The largest absolute Gasteiger partial charge is 0.389 e. The molecular formula is C10H12O2. The average Bonchev–Trinajstić information content (AvgIpc) is 2.09. The lowest BCUT2D eigenvalue weighted by Gasteiger charge is -1.98. The monoisotopic (exact) mass is 164 g/mol. The van der Waals surface area contributed by atoms with Crippen molar-refractivity contribution in [2.45, 2.75) is 13.3 Å². The molecule has 1 aromatic carbocycles. The molecule has 64 valence electrons. The quantitative estimate of drug-likeness (QED) is 0.726. The maximum atomic E-state index is 10.8. The molecule has 0 fully saturated rings. The van der Waals surface area contributed by atoms with Crippen LogP contribution in [-0.4, -0.2) is 17.5 Å². The molecule has 0 bridgehead atoms. The fourth-order valence-electron chi connectivity index (χ4n) is 0.990. The lowest BCUT2D eigenvalue weighted by molar-refractivity contribution is -0.121. The molecule has 1 aromatic rings. The van der Waals surface area contributed by atoms with E-state index in [2.05, 4.69) is 0 Å². The lowest BCUT2D eigenvalue weighted by Crippen LogP contribution is -2.06. The molecule has 1 rings (SSSR count). The van der Waals surface area contributed by atoms with Gasteiger partial charge in [0.15, 0.2) is 5.78 Å². The van der Waals surface area contributed by atoms with Crippen LogP contribution in [0.2, 0.25) is 0 Å². The van der Waals surface area contributed by atoms with Gasteiger partial charge in [-0.05, 0) is 12.5 Å². The van der Waals surface area contributed by atoms with Crippen LogP contribution in [0.15, 0.2) is 24.3 Å². The Morgan fingerprint density at radius 3 is 2.42 bits per heavy atom. The van der Waals surface area contributed by atoms with E-state index in [4.69, 9.17) is 5.11 Å². The Kier molecular flexibility index (Phi) is 3.00. The van der Waals surface area contributed by atoms with Crippen LogP contribution in [-0.2, 0) is 11.2 Å². The van der Waals surface area contributed by atoms with Crippen molar-refractivity contribution in [3.63, 3.8) is 0 Å². The van der Waals surface area contributed by atoms with Crippen LogP contribution in [0.4, 0.5) is 0 Å². The number of aliphatic hydroxyl groups excluding tert-OH is 1. The van der Waals surface area contributed by atoms with E-state index in [1.54, 1.807) is 0 Å². The molecule has 0 aliphatic heterocycles. The second-order valence-corrected chi connectivity index (χ2v) is 2.86. The van der Waals surface area contributed by atoms with Gasteiger partial charge >= 0.3 is 0 Å². The van der Waals surface area contributed by atoms with E-state index >= 15 is 0 Å². The van der Waals surface area contributed by atoms with Crippen LogP contribution < -0.4 is 0 Å². The fraction of sp³-hybridized carbons (Fsp3) is 0.300. The number of aryl methyl sites for hydroxylation is 1. The van der Waals surface area contributed by atoms with Crippen LogP contribution in [0.3, 0.4) is 0 Å². The van der Waals surface area contributed by atoms with Gasteiger partial charge in [-0.1, -0.05) is 29.8 Å². The number of carbonyl (C=O) groups excluding carboxylic acids is 1. The van der Waals surface area contributed by atoms with Gasteiger partial charge in [-0.25, -0.2) is 0 Å². The van der Waals surface area contributed by atoms with Crippen molar-refractivity contribution in [3.8, 4) is 0 Å². The predicted octanol–water partition coefficient (Wildman–Crippen LogP) is 1.10. The van der Waals surface area contributed by atoms with Gasteiger partial charge in [-0.15, -0.1) is 0 Å². The Balaban J connectivity index is 2.64.